The van der Waals surface area contributed by atoms with Gasteiger partial charge < -0.3 is 14.2 Å². The van der Waals surface area contributed by atoms with Gasteiger partial charge >= 0.3 is 5.76 Å². The molecule has 4 rings (SSSR count). The Labute approximate surface area is 167 Å². The van der Waals surface area contributed by atoms with E-state index in [9.17, 15) is 24.5 Å². The first-order valence-corrected chi connectivity index (χ1v) is 9.70. The molecule has 11 heteroatoms. The van der Waals surface area contributed by atoms with Crippen LogP contribution in [0.2, 0.25) is 0 Å². The Morgan fingerprint density at radius 2 is 1.86 bits per heavy atom. The van der Waals surface area contributed by atoms with Gasteiger partial charge in [-0.1, -0.05) is 6.07 Å². The van der Waals surface area contributed by atoms with E-state index in [1.165, 1.54) is 23.5 Å². The maximum Gasteiger partial charge on any atom is 0.420 e. The fourth-order valence-electron chi connectivity index (χ4n) is 3.27. The van der Waals surface area contributed by atoms with E-state index in [2.05, 4.69) is 0 Å². The molecule has 1 fully saturated rings. The monoisotopic (exact) mass is 416 g/mol. The van der Waals surface area contributed by atoms with Crippen molar-refractivity contribution in [3.63, 3.8) is 0 Å². The molecule has 0 atom stereocenters. The largest absolute Gasteiger partial charge is 0.420 e. The molecule has 1 aliphatic rings. The number of nitro benzene ring substituents is 1. The molecule has 0 unspecified atom stereocenters. The third-order valence-electron chi connectivity index (χ3n) is 4.81. The van der Waals surface area contributed by atoms with Gasteiger partial charge in [-0.15, -0.1) is 11.3 Å². The molecular formula is C18H16N4O6S. The lowest BCUT2D eigenvalue weighted by molar-refractivity contribution is -0.384. The predicted molar refractivity (Wildman–Crippen MR) is 104 cm³/mol. The first-order chi connectivity index (χ1) is 13.9. The summed E-state index contributed by atoms with van der Waals surface area (Å²) in [4.78, 5) is 51.4. The van der Waals surface area contributed by atoms with Crippen LogP contribution in [0.1, 0.15) is 9.67 Å². The van der Waals surface area contributed by atoms with Crippen molar-refractivity contribution in [2.24, 2.45) is 0 Å². The second-order valence-corrected chi connectivity index (χ2v) is 7.46. The Hall–Kier alpha value is -3.47. The summed E-state index contributed by atoms with van der Waals surface area (Å²) >= 11 is 1.38. The van der Waals surface area contributed by atoms with E-state index in [-0.39, 0.29) is 29.6 Å². The standard InChI is InChI=1S/C18H16N4O6S/c23-16(19-5-7-20(8-6-19)17(24)15-2-1-9-29-15)11-21-13-4-3-12(22(26)27)10-14(13)28-18(21)25/h1-4,9-10H,5-8,11H2. The summed E-state index contributed by atoms with van der Waals surface area (Å²) in [6, 6.07) is 7.40. The fraction of sp³-hybridized carbons (Fsp3) is 0.278. The van der Waals surface area contributed by atoms with E-state index < -0.39 is 10.7 Å². The summed E-state index contributed by atoms with van der Waals surface area (Å²) in [6.45, 7) is 1.33. The molecule has 1 saturated heterocycles. The van der Waals surface area contributed by atoms with Crippen LogP contribution in [0.4, 0.5) is 5.69 Å². The minimum absolute atomic E-state index is 0.0502. The Morgan fingerprint density at radius 1 is 1.14 bits per heavy atom. The molecule has 2 amide bonds. The lowest BCUT2D eigenvalue weighted by atomic mass is 10.2. The number of amides is 2. The maximum atomic E-state index is 12.7. The van der Waals surface area contributed by atoms with Gasteiger partial charge in [0.05, 0.1) is 21.4 Å². The minimum atomic E-state index is -0.750. The van der Waals surface area contributed by atoms with Crippen molar-refractivity contribution < 1.29 is 18.9 Å². The smallest absolute Gasteiger partial charge is 0.407 e. The van der Waals surface area contributed by atoms with Crippen molar-refractivity contribution >= 4 is 39.9 Å². The van der Waals surface area contributed by atoms with E-state index >= 15 is 0 Å². The number of hydrogen-bond acceptors (Lipinski definition) is 7. The summed E-state index contributed by atoms with van der Waals surface area (Å²) in [5.41, 5.74) is 0.181. The molecule has 0 radical (unpaired) electrons. The van der Waals surface area contributed by atoms with Crippen molar-refractivity contribution in [1.82, 2.24) is 14.4 Å². The Balaban J connectivity index is 1.44. The second-order valence-electron chi connectivity index (χ2n) is 6.51. The highest BCUT2D eigenvalue weighted by Gasteiger charge is 2.26. The average molecular weight is 416 g/mol. The topological polar surface area (TPSA) is 119 Å². The fourth-order valence-corrected chi connectivity index (χ4v) is 3.96. The Kier molecular flexibility index (Phi) is 4.89. The molecule has 150 valence electrons. The molecule has 0 bridgehead atoms. The molecule has 0 aliphatic carbocycles. The number of oxazole rings is 1. The van der Waals surface area contributed by atoms with Crippen molar-refractivity contribution in [3.8, 4) is 0 Å². The van der Waals surface area contributed by atoms with E-state index in [0.29, 0.717) is 36.6 Å². The first kappa shape index (κ1) is 18.9. The van der Waals surface area contributed by atoms with Gasteiger partial charge in [-0.05, 0) is 17.5 Å². The highest BCUT2D eigenvalue weighted by Crippen LogP contribution is 2.20. The minimum Gasteiger partial charge on any atom is -0.407 e. The van der Waals surface area contributed by atoms with Crippen LogP contribution in [-0.2, 0) is 11.3 Å². The summed E-state index contributed by atoms with van der Waals surface area (Å²) in [6.07, 6.45) is 0. The molecule has 1 aliphatic heterocycles. The van der Waals surface area contributed by atoms with Crippen LogP contribution in [0.3, 0.4) is 0 Å². The number of aromatic nitrogens is 1. The van der Waals surface area contributed by atoms with Gasteiger partial charge in [-0.3, -0.25) is 24.3 Å². The van der Waals surface area contributed by atoms with Crippen molar-refractivity contribution in [1.29, 1.82) is 0 Å². The molecule has 3 aromatic rings. The van der Waals surface area contributed by atoms with Crippen molar-refractivity contribution in [3.05, 3.63) is 61.3 Å². The zero-order chi connectivity index (χ0) is 20.5. The molecule has 1 aromatic carbocycles. The second kappa shape index (κ2) is 7.51. The first-order valence-electron chi connectivity index (χ1n) is 8.82. The summed E-state index contributed by atoms with van der Waals surface area (Å²) in [5.74, 6) is -1.08. The Morgan fingerprint density at radius 3 is 2.52 bits per heavy atom. The number of carbonyl (C=O) groups is 2. The maximum absolute atomic E-state index is 12.7. The number of fused-ring (bicyclic) bond motifs is 1. The molecule has 3 heterocycles. The van der Waals surface area contributed by atoms with Gasteiger partial charge in [0, 0.05) is 32.2 Å². The predicted octanol–water partition coefficient (Wildman–Crippen LogP) is 1.55. The number of hydrogen-bond donors (Lipinski definition) is 0. The van der Waals surface area contributed by atoms with Gasteiger partial charge in [0.25, 0.3) is 11.6 Å². The van der Waals surface area contributed by atoms with Crippen LogP contribution >= 0.6 is 11.3 Å². The number of nitrogens with zero attached hydrogens (tertiary/aromatic N) is 4. The lowest BCUT2D eigenvalue weighted by Crippen LogP contribution is -2.51. The van der Waals surface area contributed by atoms with Crippen LogP contribution in [0.15, 0.2) is 44.9 Å². The van der Waals surface area contributed by atoms with E-state index in [1.807, 2.05) is 11.4 Å². The van der Waals surface area contributed by atoms with Crippen molar-refractivity contribution in [2.45, 2.75) is 6.54 Å². The number of benzene rings is 1. The summed E-state index contributed by atoms with van der Waals surface area (Å²) in [5, 5.41) is 12.7. The van der Waals surface area contributed by atoms with Crippen LogP contribution in [0, 0.1) is 10.1 Å². The number of rotatable bonds is 4. The number of carbonyl (C=O) groups excluding carboxylic acids is 2. The van der Waals surface area contributed by atoms with Gasteiger partial charge in [0.2, 0.25) is 5.91 Å². The normalized spacial score (nSPS) is 14.3. The molecule has 10 nitrogen and oxygen atoms in total. The molecule has 2 aromatic heterocycles. The summed E-state index contributed by atoms with van der Waals surface area (Å²) in [7, 11) is 0. The van der Waals surface area contributed by atoms with Crippen LogP contribution in [0.25, 0.3) is 11.1 Å². The average Bonchev–Trinajstić information content (AvgIpc) is 3.35. The van der Waals surface area contributed by atoms with Gasteiger partial charge in [0.1, 0.15) is 6.54 Å². The van der Waals surface area contributed by atoms with Gasteiger partial charge in [-0.25, -0.2) is 4.79 Å². The van der Waals surface area contributed by atoms with Crippen LogP contribution in [0.5, 0.6) is 0 Å². The van der Waals surface area contributed by atoms with E-state index in [4.69, 9.17) is 4.42 Å². The zero-order valence-corrected chi connectivity index (χ0v) is 16.0. The highest BCUT2D eigenvalue weighted by atomic mass is 32.1. The van der Waals surface area contributed by atoms with Crippen LogP contribution in [-0.4, -0.2) is 57.3 Å². The van der Waals surface area contributed by atoms with E-state index in [1.54, 1.807) is 15.9 Å². The lowest BCUT2D eigenvalue weighted by Gasteiger charge is -2.34. The van der Waals surface area contributed by atoms with Crippen molar-refractivity contribution in [2.75, 3.05) is 26.2 Å². The molecule has 0 saturated carbocycles. The number of non-ortho nitro benzene ring substituents is 1. The molecule has 0 spiro atoms. The molecule has 29 heavy (non-hydrogen) atoms. The third kappa shape index (κ3) is 3.63. The number of nitro groups is 1. The summed E-state index contributed by atoms with van der Waals surface area (Å²) < 4.78 is 6.21. The van der Waals surface area contributed by atoms with Crippen LogP contribution < -0.4 is 5.76 Å². The Bertz CT molecular complexity index is 1140. The SMILES string of the molecule is O=C(Cn1c(=O)oc2cc([N+](=O)[O-])ccc21)N1CCN(C(=O)c2cccs2)CC1. The quantitative estimate of drug-likeness (QED) is 0.470. The highest BCUT2D eigenvalue weighted by molar-refractivity contribution is 7.12. The number of piperazine rings is 1. The van der Waals surface area contributed by atoms with E-state index in [0.717, 1.165) is 10.6 Å². The van der Waals surface area contributed by atoms with Gasteiger partial charge in [0.15, 0.2) is 5.58 Å². The molecule has 0 N–H and O–H groups in total. The number of thiophene rings is 1. The zero-order valence-electron chi connectivity index (χ0n) is 15.1. The van der Waals surface area contributed by atoms with Gasteiger partial charge in [-0.2, -0.15) is 0 Å². The third-order valence-corrected chi connectivity index (χ3v) is 5.67. The molecular weight excluding hydrogens is 400 g/mol.